The van der Waals surface area contributed by atoms with E-state index in [1.807, 2.05) is 18.2 Å². The highest BCUT2D eigenvalue weighted by Crippen LogP contribution is 2.27. The molecule has 1 N–H and O–H groups in total. The van der Waals surface area contributed by atoms with Gasteiger partial charge in [0.05, 0.1) is 29.6 Å². The number of halogens is 2. The van der Waals surface area contributed by atoms with Gasteiger partial charge in [0.15, 0.2) is 0 Å². The molecule has 0 spiro atoms. The van der Waals surface area contributed by atoms with Gasteiger partial charge in [-0.2, -0.15) is 0 Å². The number of nitrogens with one attached hydrogen (secondary N) is 1. The van der Waals surface area contributed by atoms with Gasteiger partial charge in [-0.05, 0) is 48.5 Å². The SMILES string of the molecule is COc1ccc(-c2cc(C(=O)Nc3ccc(F)cc3F)c3ccccc3n2)cc1. The lowest BCUT2D eigenvalue weighted by Gasteiger charge is -2.11. The molecule has 0 aliphatic heterocycles. The zero-order valence-electron chi connectivity index (χ0n) is 15.4. The molecule has 0 saturated carbocycles. The number of aromatic nitrogens is 1. The maximum absolute atomic E-state index is 14.0. The predicted molar refractivity (Wildman–Crippen MR) is 108 cm³/mol. The molecule has 4 nitrogen and oxygen atoms in total. The van der Waals surface area contributed by atoms with Gasteiger partial charge in [-0.15, -0.1) is 0 Å². The molecule has 29 heavy (non-hydrogen) atoms. The second kappa shape index (κ2) is 7.67. The van der Waals surface area contributed by atoms with Gasteiger partial charge in [0.2, 0.25) is 0 Å². The molecule has 1 heterocycles. The standard InChI is InChI=1S/C23H16F2N2O2/c1-29-16-9-6-14(7-10-16)22-13-18(17-4-2-3-5-20(17)26-22)23(28)27-21-11-8-15(24)12-19(21)25/h2-13H,1H3,(H,27,28). The summed E-state index contributed by atoms with van der Waals surface area (Å²) in [7, 11) is 1.58. The van der Waals surface area contributed by atoms with Crippen LogP contribution in [0, 0.1) is 11.6 Å². The number of benzene rings is 3. The molecule has 0 radical (unpaired) electrons. The van der Waals surface area contributed by atoms with Gasteiger partial charge in [-0.3, -0.25) is 4.79 Å². The summed E-state index contributed by atoms with van der Waals surface area (Å²) in [5.41, 5.74) is 2.27. The molecule has 0 aliphatic rings. The van der Waals surface area contributed by atoms with Crippen molar-refractivity contribution in [3.8, 4) is 17.0 Å². The number of pyridine rings is 1. The van der Waals surface area contributed by atoms with Crippen molar-refractivity contribution < 1.29 is 18.3 Å². The molecule has 4 aromatic rings. The number of ether oxygens (including phenoxy) is 1. The van der Waals surface area contributed by atoms with E-state index in [0.717, 1.165) is 17.7 Å². The summed E-state index contributed by atoms with van der Waals surface area (Å²) in [6.07, 6.45) is 0. The minimum Gasteiger partial charge on any atom is -0.497 e. The fourth-order valence-electron chi connectivity index (χ4n) is 3.05. The number of carbonyl (C=O) groups is 1. The molecule has 6 heteroatoms. The summed E-state index contributed by atoms with van der Waals surface area (Å²) < 4.78 is 32.3. The molecule has 0 bridgehead atoms. The minimum atomic E-state index is -0.841. The summed E-state index contributed by atoms with van der Waals surface area (Å²) >= 11 is 0. The normalized spacial score (nSPS) is 10.7. The van der Waals surface area contributed by atoms with Crippen LogP contribution >= 0.6 is 0 Å². The Morgan fingerprint density at radius 1 is 0.966 bits per heavy atom. The smallest absolute Gasteiger partial charge is 0.256 e. The Balaban J connectivity index is 1.78. The third kappa shape index (κ3) is 3.78. The molecule has 0 atom stereocenters. The molecule has 0 fully saturated rings. The van der Waals surface area contributed by atoms with Crippen molar-refractivity contribution in [3.05, 3.63) is 90.0 Å². The van der Waals surface area contributed by atoms with E-state index in [0.29, 0.717) is 27.9 Å². The van der Waals surface area contributed by atoms with Crippen LogP contribution in [0.2, 0.25) is 0 Å². The highest BCUT2D eigenvalue weighted by atomic mass is 19.1. The van der Waals surface area contributed by atoms with Crippen molar-refractivity contribution in [3.63, 3.8) is 0 Å². The van der Waals surface area contributed by atoms with Crippen molar-refractivity contribution in [1.82, 2.24) is 4.98 Å². The van der Waals surface area contributed by atoms with E-state index in [9.17, 15) is 13.6 Å². The zero-order chi connectivity index (χ0) is 20.4. The molecule has 0 unspecified atom stereocenters. The van der Waals surface area contributed by atoms with Gasteiger partial charge in [0, 0.05) is 17.0 Å². The van der Waals surface area contributed by atoms with E-state index in [1.54, 1.807) is 43.5 Å². The van der Waals surface area contributed by atoms with Gasteiger partial charge in [0.25, 0.3) is 5.91 Å². The summed E-state index contributed by atoms with van der Waals surface area (Å²) in [5, 5.41) is 3.14. The molecule has 0 saturated heterocycles. The first-order valence-corrected chi connectivity index (χ1v) is 8.86. The maximum atomic E-state index is 14.0. The second-order valence-corrected chi connectivity index (χ2v) is 6.38. The van der Waals surface area contributed by atoms with E-state index in [4.69, 9.17) is 4.74 Å². The van der Waals surface area contributed by atoms with Gasteiger partial charge in [0.1, 0.15) is 17.4 Å². The summed E-state index contributed by atoms with van der Waals surface area (Å²) in [6, 6.07) is 19.2. The molecule has 1 aromatic heterocycles. The van der Waals surface area contributed by atoms with E-state index in [2.05, 4.69) is 10.3 Å². The third-order valence-electron chi connectivity index (χ3n) is 4.53. The van der Waals surface area contributed by atoms with Crippen LogP contribution in [0.3, 0.4) is 0 Å². The van der Waals surface area contributed by atoms with Gasteiger partial charge >= 0.3 is 0 Å². The number of hydrogen-bond donors (Lipinski definition) is 1. The first-order valence-electron chi connectivity index (χ1n) is 8.86. The van der Waals surface area contributed by atoms with Crippen LogP contribution in [0.4, 0.5) is 14.5 Å². The topological polar surface area (TPSA) is 51.2 Å². The molecular weight excluding hydrogens is 374 g/mol. The third-order valence-corrected chi connectivity index (χ3v) is 4.53. The first-order chi connectivity index (χ1) is 14.0. The number of nitrogens with zero attached hydrogens (tertiary/aromatic N) is 1. The number of para-hydroxylation sites is 1. The van der Waals surface area contributed by atoms with Crippen molar-refractivity contribution in [1.29, 1.82) is 0 Å². The summed E-state index contributed by atoms with van der Waals surface area (Å²) in [5.74, 6) is -1.35. The minimum absolute atomic E-state index is 0.0942. The number of rotatable bonds is 4. The van der Waals surface area contributed by atoms with Gasteiger partial charge in [-0.1, -0.05) is 18.2 Å². The lowest BCUT2D eigenvalue weighted by atomic mass is 10.0. The number of amides is 1. The van der Waals surface area contributed by atoms with E-state index >= 15 is 0 Å². The van der Waals surface area contributed by atoms with Crippen LogP contribution in [0.25, 0.3) is 22.2 Å². The first kappa shape index (κ1) is 18.6. The molecule has 4 rings (SSSR count). The largest absolute Gasteiger partial charge is 0.497 e. The van der Waals surface area contributed by atoms with Crippen LogP contribution in [-0.2, 0) is 0 Å². The van der Waals surface area contributed by atoms with Crippen LogP contribution in [0.1, 0.15) is 10.4 Å². The Morgan fingerprint density at radius 2 is 1.72 bits per heavy atom. The summed E-state index contributed by atoms with van der Waals surface area (Å²) in [6.45, 7) is 0. The highest BCUT2D eigenvalue weighted by Gasteiger charge is 2.16. The van der Waals surface area contributed by atoms with Crippen LogP contribution in [0.5, 0.6) is 5.75 Å². The highest BCUT2D eigenvalue weighted by molar-refractivity contribution is 6.13. The molecular formula is C23H16F2N2O2. The van der Waals surface area contributed by atoms with Gasteiger partial charge in [-0.25, -0.2) is 13.8 Å². The quantitative estimate of drug-likeness (QED) is 0.505. The number of fused-ring (bicyclic) bond motifs is 1. The monoisotopic (exact) mass is 390 g/mol. The number of anilines is 1. The Hall–Kier alpha value is -3.80. The lowest BCUT2D eigenvalue weighted by molar-refractivity contribution is 0.102. The molecule has 144 valence electrons. The molecule has 3 aromatic carbocycles. The zero-order valence-corrected chi connectivity index (χ0v) is 15.4. The van der Waals surface area contributed by atoms with E-state index in [1.165, 1.54) is 6.07 Å². The molecule has 0 aliphatic carbocycles. The Bertz CT molecular complexity index is 1210. The summed E-state index contributed by atoms with van der Waals surface area (Å²) in [4.78, 5) is 17.6. The Morgan fingerprint density at radius 3 is 2.45 bits per heavy atom. The van der Waals surface area contributed by atoms with Crippen molar-refractivity contribution in [2.45, 2.75) is 0 Å². The van der Waals surface area contributed by atoms with Crippen molar-refractivity contribution >= 4 is 22.5 Å². The maximum Gasteiger partial charge on any atom is 0.256 e. The van der Waals surface area contributed by atoms with E-state index < -0.39 is 17.5 Å². The fourth-order valence-corrected chi connectivity index (χ4v) is 3.05. The number of hydrogen-bond acceptors (Lipinski definition) is 3. The van der Waals surface area contributed by atoms with Gasteiger partial charge < -0.3 is 10.1 Å². The second-order valence-electron chi connectivity index (χ2n) is 6.38. The Labute approximate surface area is 165 Å². The van der Waals surface area contributed by atoms with Crippen molar-refractivity contribution in [2.24, 2.45) is 0 Å². The van der Waals surface area contributed by atoms with E-state index in [-0.39, 0.29) is 5.69 Å². The lowest BCUT2D eigenvalue weighted by Crippen LogP contribution is -2.14. The predicted octanol–water partition coefficient (Wildman–Crippen LogP) is 5.44. The number of carbonyl (C=O) groups excluding carboxylic acids is 1. The van der Waals surface area contributed by atoms with Crippen molar-refractivity contribution in [2.75, 3.05) is 12.4 Å². The van der Waals surface area contributed by atoms with Crippen LogP contribution in [0.15, 0.2) is 72.8 Å². The average Bonchev–Trinajstić information content (AvgIpc) is 2.75. The van der Waals surface area contributed by atoms with Crippen LogP contribution in [-0.4, -0.2) is 18.0 Å². The number of methoxy groups -OCH3 is 1. The fraction of sp³-hybridized carbons (Fsp3) is 0.0435. The molecule has 1 amide bonds. The average molecular weight is 390 g/mol. The van der Waals surface area contributed by atoms with Crippen LogP contribution < -0.4 is 10.1 Å². The Kier molecular flexibility index (Phi) is 4.91.